The number of fused-ring (bicyclic) bond motifs is 1. The normalized spacial score (nSPS) is 11.3. The molecule has 2 rings (SSSR count). The first-order chi connectivity index (χ1) is 8.20. The summed E-state index contributed by atoms with van der Waals surface area (Å²) in [6.45, 7) is 4.10. The number of para-hydroxylation sites is 1. The smallest absolute Gasteiger partial charge is 0.134 e. The Kier molecular flexibility index (Phi) is 3.97. The maximum Gasteiger partial charge on any atom is 0.134 e. The van der Waals surface area contributed by atoms with Crippen LogP contribution in [0.15, 0.2) is 30.3 Å². The van der Waals surface area contributed by atoms with Crippen molar-refractivity contribution in [3.63, 3.8) is 0 Å². The average Bonchev–Trinajstić information content (AvgIpc) is 2.30. The van der Waals surface area contributed by atoms with Gasteiger partial charge in [0.15, 0.2) is 0 Å². The molecule has 0 fully saturated rings. The Labute approximate surface area is 107 Å². The zero-order valence-corrected chi connectivity index (χ0v) is 11.0. The van der Waals surface area contributed by atoms with Gasteiger partial charge in [-0.25, -0.2) is 4.98 Å². The molecular weight excluding hydrogens is 232 g/mol. The van der Waals surface area contributed by atoms with Crippen molar-refractivity contribution in [2.45, 2.75) is 19.9 Å². The lowest BCUT2D eigenvalue weighted by Crippen LogP contribution is -2.18. The van der Waals surface area contributed by atoms with Gasteiger partial charge in [-0.15, -0.1) is 0 Å². The van der Waals surface area contributed by atoms with Gasteiger partial charge in [-0.2, -0.15) is 0 Å². The second kappa shape index (κ2) is 5.48. The molecule has 0 amide bonds. The van der Waals surface area contributed by atoms with E-state index >= 15 is 0 Å². The van der Waals surface area contributed by atoms with Crippen molar-refractivity contribution < 1.29 is 0 Å². The summed E-state index contributed by atoms with van der Waals surface area (Å²) in [5.74, 6) is 0. The molecular formula is C14H17ClN2. The molecule has 0 atom stereocenters. The Bertz CT molecular complexity index is 511. The van der Waals surface area contributed by atoms with Crippen LogP contribution in [0.5, 0.6) is 0 Å². The number of pyridine rings is 1. The molecule has 2 aromatic rings. The monoisotopic (exact) mass is 248 g/mol. The molecule has 2 nitrogen and oxygen atoms in total. The summed E-state index contributed by atoms with van der Waals surface area (Å²) in [6.07, 6.45) is 1.15. The van der Waals surface area contributed by atoms with Crippen LogP contribution >= 0.6 is 11.6 Å². The maximum absolute atomic E-state index is 6.21. The average molecular weight is 249 g/mol. The lowest BCUT2D eigenvalue weighted by atomic mass is 10.1. The summed E-state index contributed by atoms with van der Waals surface area (Å²) < 4.78 is 0. The number of benzene rings is 1. The van der Waals surface area contributed by atoms with Crippen LogP contribution in [0.2, 0.25) is 5.15 Å². The van der Waals surface area contributed by atoms with Gasteiger partial charge < -0.3 is 4.90 Å². The van der Waals surface area contributed by atoms with Gasteiger partial charge in [-0.3, -0.25) is 0 Å². The first kappa shape index (κ1) is 12.3. The van der Waals surface area contributed by atoms with Crippen LogP contribution < -0.4 is 0 Å². The molecule has 3 heteroatoms. The molecule has 0 aliphatic rings. The van der Waals surface area contributed by atoms with Crippen LogP contribution in [-0.2, 0) is 6.54 Å². The topological polar surface area (TPSA) is 16.1 Å². The number of hydrogen-bond donors (Lipinski definition) is 0. The number of halogens is 1. The highest BCUT2D eigenvalue weighted by Gasteiger charge is 2.07. The van der Waals surface area contributed by atoms with E-state index < -0.39 is 0 Å². The van der Waals surface area contributed by atoms with Crippen molar-refractivity contribution >= 4 is 22.5 Å². The minimum Gasteiger partial charge on any atom is -0.302 e. The molecule has 0 saturated heterocycles. The van der Waals surface area contributed by atoms with E-state index in [2.05, 4.69) is 36.0 Å². The van der Waals surface area contributed by atoms with E-state index in [1.807, 2.05) is 18.2 Å². The maximum atomic E-state index is 6.21. The second-order valence-electron chi connectivity index (χ2n) is 4.37. The zero-order chi connectivity index (χ0) is 12.3. The molecule has 17 heavy (non-hydrogen) atoms. The van der Waals surface area contributed by atoms with E-state index in [0.717, 1.165) is 36.0 Å². The van der Waals surface area contributed by atoms with E-state index in [1.54, 1.807) is 0 Å². The summed E-state index contributed by atoms with van der Waals surface area (Å²) in [6, 6.07) is 10.2. The summed E-state index contributed by atoms with van der Waals surface area (Å²) in [7, 11) is 2.11. The van der Waals surface area contributed by atoms with Crippen LogP contribution in [-0.4, -0.2) is 23.5 Å². The fraction of sp³-hybridized carbons (Fsp3) is 0.357. The van der Waals surface area contributed by atoms with Gasteiger partial charge in [0.05, 0.1) is 5.52 Å². The van der Waals surface area contributed by atoms with E-state index in [9.17, 15) is 0 Å². The van der Waals surface area contributed by atoms with Gasteiger partial charge in [0.2, 0.25) is 0 Å². The van der Waals surface area contributed by atoms with E-state index in [1.165, 1.54) is 0 Å². The fourth-order valence-electron chi connectivity index (χ4n) is 2.00. The van der Waals surface area contributed by atoms with Gasteiger partial charge in [0, 0.05) is 17.5 Å². The summed E-state index contributed by atoms with van der Waals surface area (Å²) in [4.78, 5) is 6.69. The summed E-state index contributed by atoms with van der Waals surface area (Å²) in [5, 5.41) is 1.77. The highest BCUT2D eigenvalue weighted by atomic mass is 35.5. The van der Waals surface area contributed by atoms with Crippen molar-refractivity contribution in [3.05, 3.63) is 41.0 Å². The number of aromatic nitrogens is 1. The van der Waals surface area contributed by atoms with Crippen molar-refractivity contribution in [2.75, 3.05) is 13.6 Å². The highest BCUT2D eigenvalue weighted by Crippen LogP contribution is 2.21. The molecule has 0 aliphatic heterocycles. The SMILES string of the molecule is CCCN(C)Cc1cc2ccccc2nc1Cl. The first-order valence-electron chi connectivity index (χ1n) is 5.93. The molecule has 1 aromatic heterocycles. The van der Waals surface area contributed by atoms with Crippen LogP contribution in [0.1, 0.15) is 18.9 Å². The molecule has 0 bridgehead atoms. The lowest BCUT2D eigenvalue weighted by molar-refractivity contribution is 0.327. The zero-order valence-electron chi connectivity index (χ0n) is 10.3. The molecule has 0 unspecified atom stereocenters. The van der Waals surface area contributed by atoms with Crippen molar-refractivity contribution in [1.82, 2.24) is 9.88 Å². The predicted molar refractivity (Wildman–Crippen MR) is 73.4 cm³/mol. The summed E-state index contributed by atoms with van der Waals surface area (Å²) >= 11 is 6.21. The minimum absolute atomic E-state index is 0.617. The molecule has 0 spiro atoms. The molecule has 0 radical (unpaired) electrons. The van der Waals surface area contributed by atoms with Gasteiger partial charge in [-0.05, 0) is 32.1 Å². The van der Waals surface area contributed by atoms with Crippen LogP contribution in [0, 0.1) is 0 Å². The molecule has 0 aliphatic carbocycles. The quantitative estimate of drug-likeness (QED) is 0.767. The third-order valence-corrected chi connectivity index (χ3v) is 3.12. The lowest BCUT2D eigenvalue weighted by Gasteiger charge is -2.16. The molecule has 1 heterocycles. The van der Waals surface area contributed by atoms with Crippen molar-refractivity contribution in [3.8, 4) is 0 Å². The van der Waals surface area contributed by atoms with Gasteiger partial charge in [0.25, 0.3) is 0 Å². The van der Waals surface area contributed by atoms with Crippen LogP contribution in [0.25, 0.3) is 10.9 Å². The Morgan fingerprint density at radius 2 is 2.06 bits per heavy atom. The Morgan fingerprint density at radius 3 is 2.82 bits per heavy atom. The third kappa shape index (κ3) is 2.96. The molecule has 0 N–H and O–H groups in total. The molecule has 90 valence electrons. The van der Waals surface area contributed by atoms with Crippen molar-refractivity contribution in [2.24, 2.45) is 0 Å². The predicted octanol–water partition coefficient (Wildman–Crippen LogP) is 3.73. The summed E-state index contributed by atoms with van der Waals surface area (Å²) in [5.41, 5.74) is 2.06. The third-order valence-electron chi connectivity index (χ3n) is 2.80. The second-order valence-corrected chi connectivity index (χ2v) is 4.73. The van der Waals surface area contributed by atoms with Crippen molar-refractivity contribution in [1.29, 1.82) is 0 Å². The van der Waals surface area contributed by atoms with Crippen LogP contribution in [0.4, 0.5) is 0 Å². The fourth-order valence-corrected chi connectivity index (χ4v) is 2.20. The van der Waals surface area contributed by atoms with Crippen LogP contribution in [0.3, 0.4) is 0 Å². The van der Waals surface area contributed by atoms with E-state index in [-0.39, 0.29) is 0 Å². The number of rotatable bonds is 4. The first-order valence-corrected chi connectivity index (χ1v) is 6.31. The standard InChI is InChI=1S/C14H17ClN2/c1-3-8-17(2)10-12-9-11-6-4-5-7-13(11)16-14(12)15/h4-7,9H,3,8,10H2,1-2H3. The van der Waals surface area contributed by atoms with Gasteiger partial charge >= 0.3 is 0 Å². The Hall–Kier alpha value is -1.12. The Morgan fingerprint density at radius 1 is 1.29 bits per heavy atom. The van der Waals surface area contributed by atoms with E-state index in [0.29, 0.717) is 5.15 Å². The number of hydrogen-bond acceptors (Lipinski definition) is 2. The van der Waals surface area contributed by atoms with E-state index in [4.69, 9.17) is 11.6 Å². The van der Waals surface area contributed by atoms with Gasteiger partial charge in [0.1, 0.15) is 5.15 Å². The number of nitrogens with zero attached hydrogens (tertiary/aromatic N) is 2. The molecule has 1 aromatic carbocycles. The van der Waals surface area contributed by atoms with Gasteiger partial charge in [-0.1, -0.05) is 36.7 Å². The Balaban J connectivity index is 2.31. The molecule has 0 saturated carbocycles. The minimum atomic E-state index is 0.617. The largest absolute Gasteiger partial charge is 0.302 e. The highest BCUT2D eigenvalue weighted by molar-refractivity contribution is 6.30.